The van der Waals surface area contributed by atoms with Gasteiger partial charge in [-0.15, -0.1) is 0 Å². The molecule has 1 aromatic heterocycles. The van der Waals surface area contributed by atoms with Gasteiger partial charge in [-0.3, -0.25) is 0 Å². The van der Waals surface area contributed by atoms with E-state index in [0.29, 0.717) is 12.1 Å². The number of hydrogen-bond donors (Lipinski definition) is 0. The standard InChI is InChI=1S/C11H13IN2O2/c1-15-8-4-7-6-16-10-9(12)2-3-13-11(10)14(7)5-8/h2-3,7-8H,4-6H2,1H3/t7-,8-/m0/s1. The van der Waals surface area contributed by atoms with Crippen LogP contribution in [0, 0.1) is 3.57 Å². The van der Waals surface area contributed by atoms with Crippen LogP contribution < -0.4 is 9.64 Å². The van der Waals surface area contributed by atoms with Crippen LogP contribution in [0.2, 0.25) is 0 Å². The Labute approximate surface area is 108 Å². The fourth-order valence-corrected chi connectivity index (χ4v) is 2.95. The largest absolute Gasteiger partial charge is 0.486 e. The minimum atomic E-state index is 0.305. The molecular weight excluding hydrogens is 319 g/mol. The van der Waals surface area contributed by atoms with Crippen molar-refractivity contribution in [1.29, 1.82) is 0 Å². The highest BCUT2D eigenvalue weighted by molar-refractivity contribution is 14.1. The average molecular weight is 332 g/mol. The van der Waals surface area contributed by atoms with E-state index >= 15 is 0 Å². The minimum absolute atomic E-state index is 0.305. The number of hydrogen-bond acceptors (Lipinski definition) is 4. The predicted molar refractivity (Wildman–Crippen MR) is 69.0 cm³/mol. The second-order valence-electron chi connectivity index (χ2n) is 4.16. The Balaban J connectivity index is 1.97. The van der Waals surface area contributed by atoms with Crippen LogP contribution in [0.25, 0.3) is 0 Å². The van der Waals surface area contributed by atoms with Crippen LogP contribution >= 0.6 is 22.6 Å². The van der Waals surface area contributed by atoms with Gasteiger partial charge in [0.15, 0.2) is 11.6 Å². The molecule has 0 unspecified atom stereocenters. The molecule has 3 rings (SSSR count). The third-order valence-electron chi connectivity index (χ3n) is 3.24. The van der Waals surface area contributed by atoms with Gasteiger partial charge in [0.2, 0.25) is 0 Å². The number of anilines is 1. The maximum atomic E-state index is 5.79. The van der Waals surface area contributed by atoms with Crippen molar-refractivity contribution in [3.63, 3.8) is 0 Å². The lowest BCUT2D eigenvalue weighted by Crippen LogP contribution is -2.39. The summed E-state index contributed by atoms with van der Waals surface area (Å²) in [5.74, 6) is 1.90. The summed E-state index contributed by atoms with van der Waals surface area (Å²) in [4.78, 5) is 6.75. The van der Waals surface area contributed by atoms with Crippen molar-refractivity contribution < 1.29 is 9.47 Å². The van der Waals surface area contributed by atoms with E-state index in [-0.39, 0.29) is 0 Å². The van der Waals surface area contributed by atoms with Crippen LogP contribution in [-0.2, 0) is 4.74 Å². The fourth-order valence-electron chi connectivity index (χ4n) is 2.39. The summed E-state index contributed by atoms with van der Waals surface area (Å²) in [5, 5.41) is 0. The van der Waals surface area contributed by atoms with E-state index in [9.17, 15) is 0 Å². The van der Waals surface area contributed by atoms with Crippen molar-refractivity contribution in [3.8, 4) is 5.75 Å². The lowest BCUT2D eigenvalue weighted by molar-refractivity contribution is 0.116. The number of aromatic nitrogens is 1. The first kappa shape index (κ1) is 10.6. The molecule has 4 nitrogen and oxygen atoms in total. The van der Waals surface area contributed by atoms with Crippen molar-refractivity contribution in [1.82, 2.24) is 4.98 Å². The Morgan fingerprint density at radius 2 is 2.50 bits per heavy atom. The summed E-state index contributed by atoms with van der Waals surface area (Å²) in [6.07, 6.45) is 3.18. The zero-order valence-electron chi connectivity index (χ0n) is 9.02. The van der Waals surface area contributed by atoms with Gasteiger partial charge >= 0.3 is 0 Å². The molecule has 2 aliphatic rings. The van der Waals surface area contributed by atoms with Crippen molar-refractivity contribution in [3.05, 3.63) is 15.8 Å². The van der Waals surface area contributed by atoms with E-state index in [2.05, 4.69) is 32.5 Å². The van der Waals surface area contributed by atoms with E-state index in [1.807, 2.05) is 12.3 Å². The molecule has 0 N–H and O–H groups in total. The molecular formula is C11H13IN2O2. The van der Waals surface area contributed by atoms with Gasteiger partial charge in [0, 0.05) is 19.9 Å². The zero-order chi connectivity index (χ0) is 11.1. The lowest BCUT2D eigenvalue weighted by Gasteiger charge is -2.32. The van der Waals surface area contributed by atoms with E-state index in [4.69, 9.17) is 9.47 Å². The minimum Gasteiger partial charge on any atom is -0.486 e. The molecule has 1 fully saturated rings. The van der Waals surface area contributed by atoms with E-state index in [1.54, 1.807) is 7.11 Å². The molecule has 0 aromatic carbocycles. The molecule has 0 spiro atoms. The van der Waals surface area contributed by atoms with Gasteiger partial charge in [-0.25, -0.2) is 4.98 Å². The number of rotatable bonds is 1. The summed E-state index contributed by atoms with van der Waals surface area (Å²) in [6, 6.07) is 2.40. The van der Waals surface area contributed by atoms with Crippen LogP contribution in [0.1, 0.15) is 6.42 Å². The molecule has 0 bridgehead atoms. The van der Waals surface area contributed by atoms with Gasteiger partial charge in [0.05, 0.1) is 15.7 Å². The normalized spacial score (nSPS) is 27.2. The fraction of sp³-hybridized carbons (Fsp3) is 0.545. The van der Waals surface area contributed by atoms with Crippen molar-refractivity contribution in [2.24, 2.45) is 0 Å². The van der Waals surface area contributed by atoms with Gasteiger partial charge in [-0.2, -0.15) is 0 Å². The summed E-state index contributed by atoms with van der Waals surface area (Å²) in [5.41, 5.74) is 0. The maximum Gasteiger partial charge on any atom is 0.175 e. The van der Waals surface area contributed by atoms with Gasteiger partial charge in [0.25, 0.3) is 0 Å². The van der Waals surface area contributed by atoms with Crippen LogP contribution in [-0.4, -0.2) is 37.4 Å². The highest BCUT2D eigenvalue weighted by Gasteiger charge is 2.38. The molecule has 3 heterocycles. The van der Waals surface area contributed by atoms with E-state index < -0.39 is 0 Å². The number of ether oxygens (including phenoxy) is 2. The second kappa shape index (κ2) is 4.03. The number of fused-ring (bicyclic) bond motifs is 3. The molecule has 5 heteroatoms. The zero-order valence-corrected chi connectivity index (χ0v) is 11.2. The first-order valence-electron chi connectivity index (χ1n) is 5.36. The monoisotopic (exact) mass is 332 g/mol. The Morgan fingerprint density at radius 3 is 3.31 bits per heavy atom. The third kappa shape index (κ3) is 1.57. The van der Waals surface area contributed by atoms with E-state index in [0.717, 1.165) is 34.7 Å². The maximum absolute atomic E-state index is 5.79. The number of pyridine rings is 1. The second-order valence-corrected chi connectivity index (χ2v) is 5.32. The van der Waals surface area contributed by atoms with Gasteiger partial charge in [0.1, 0.15) is 6.61 Å². The van der Waals surface area contributed by atoms with Gasteiger partial charge in [-0.1, -0.05) is 0 Å². The quantitative estimate of drug-likeness (QED) is 0.733. The summed E-state index contributed by atoms with van der Waals surface area (Å²) in [6.45, 7) is 1.67. The number of nitrogens with zero attached hydrogens (tertiary/aromatic N) is 2. The molecule has 2 atom stereocenters. The molecule has 0 radical (unpaired) electrons. The highest BCUT2D eigenvalue weighted by Crippen LogP contribution is 2.39. The third-order valence-corrected chi connectivity index (χ3v) is 4.09. The molecule has 0 saturated carbocycles. The van der Waals surface area contributed by atoms with Gasteiger partial charge in [-0.05, 0) is 35.1 Å². The summed E-state index contributed by atoms with van der Waals surface area (Å²) in [7, 11) is 1.77. The molecule has 0 aliphatic carbocycles. The Hall–Kier alpha value is -0.560. The van der Waals surface area contributed by atoms with Crippen LogP contribution in [0.15, 0.2) is 12.3 Å². The van der Waals surface area contributed by atoms with E-state index in [1.165, 1.54) is 0 Å². The number of methoxy groups -OCH3 is 1. The molecule has 86 valence electrons. The van der Waals surface area contributed by atoms with Crippen LogP contribution in [0.3, 0.4) is 0 Å². The smallest absolute Gasteiger partial charge is 0.175 e. The highest BCUT2D eigenvalue weighted by atomic mass is 127. The average Bonchev–Trinajstić information content (AvgIpc) is 2.72. The first-order chi connectivity index (χ1) is 7.79. The Kier molecular flexibility index (Phi) is 2.67. The molecule has 2 aliphatic heterocycles. The van der Waals surface area contributed by atoms with Crippen molar-refractivity contribution in [2.75, 3.05) is 25.2 Å². The van der Waals surface area contributed by atoms with Crippen LogP contribution in [0.4, 0.5) is 5.82 Å². The Bertz CT molecular complexity index is 413. The summed E-state index contributed by atoms with van der Waals surface area (Å²) >= 11 is 2.29. The molecule has 1 aromatic rings. The van der Waals surface area contributed by atoms with Crippen molar-refractivity contribution >= 4 is 28.4 Å². The molecule has 0 amide bonds. The topological polar surface area (TPSA) is 34.6 Å². The molecule has 16 heavy (non-hydrogen) atoms. The molecule has 1 saturated heterocycles. The SMILES string of the molecule is CO[C@H]1C[C@H]2COc3c(I)ccnc3N2C1. The summed E-state index contributed by atoms with van der Waals surface area (Å²) < 4.78 is 12.3. The first-order valence-corrected chi connectivity index (χ1v) is 6.44. The van der Waals surface area contributed by atoms with Crippen molar-refractivity contribution in [2.45, 2.75) is 18.6 Å². The Morgan fingerprint density at radius 1 is 1.62 bits per heavy atom. The predicted octanol–water partition coefficient (Wildman–Crippen LogP) is 1.67. The lowest BCUT2D eigenvalue weighted by atomic mass is 10.2. The number of halogens is 1. The van der Waals surface area contributed by atoms with Gasteiger partial charge < -0.3 is 14.4 Å². The van der Waals surface area contributed by atoms with Crippen LogP contribution in [0.5, 0.6) is 5.75 Å².